The Kier molecular flexibility index (Phi) is 25.3. The lowest BCUT2D eigenvalue weighted by atomic mass is 9.99. The van der Waals surface area contributed by atoms with E-state index in [4.69, 9.17) is 11.5 Å². The molecular weight excluding hydrogens is 941 g/mol. The number of imidazole rings is 1. The number of carboxylic acids is 1. The van der Waals surface area contributed by atoms with Crippen LogP contribution >= 0.6 is 0 Å². The van der Waals surface area contributed by atoms with Crippen LogP contribution < -0.4 is 43.4 Å². The number of amides is 8. The summed E-state index contributed by atoms with van der Waals surface area (Å²) in [5, 5.41) is 26.4. The molecular formula is C51H88N12O10. The van der Waals surface area contributed by atoms with Gasteiger partial charge in [0, 0.05) is 31.4 Å². The third-order valence-corrected chi connectivity index (χ3v) is 13.0. The predicted octanol–water partition coefficient (Wildman–Crippen LogP) is 1.22. The molecule has 3 heterocycles. The van der Waals surface area contributed by atoms with Gasteiger partial charge in [-0.25, -0.2) is 9.78 Å². The van der Waals surface area contributed by atoms with Gasteiger partial charge in [0.25, 0.3) is 0 Å². The highest BCUT2D eigenvalue weighted by molar-refractivity contribution is 5.98. The molecule has 2 aliphatic rings. The maximum atomic E-state index is 14.6. The predicted molar refractivity (Wildman–Crippen MR) is 275 cm³/mol. The summed E-state index contributed by atoms with van der Waals surface area (Å²) in [5.41, 5.74) is 12.3. The first-order valence-corrected chi connectivity index (χ1v) is 26.4. The van der Waals surface area contributed by atoms with E-state index in [1.807, 2.05) is 69.2 Å². The van der Waals surface area contributed by atoms with Crippen molar-refractivity contribution in [2.45, 2.75) is 201 Å². The van der Waals surface area contributed by atoms with Crippen molar-refractivity contribution in [3.8, 4) is 0 Å². The molecule has 2 saturated heterocycles. The molecule has 0 bridgehead atoms. The minimum atomic E-state index is -1.23. The normalized spacial score (nSPS) is 18.8. The van der Waals surface area contributed by atoms with Crippen molar-refractivity contribution < 1.29 is 48.3 Å². The number of aromatic amines is 1. The SMILES string of the molecule is CC(C)C[C@H](NC(=O)[C@H](CC(C)C)NC(=O)[C@@H]1CCCN1C(=O)[C@H](CC(C)C)NC(=O)[C@@H]1CCCN1C(=O)[C@H](CC(C)C)NC(=O)[C@H](Cc1cnc[nH]1)NC(=O)[C@@H](N)CC(C)C)C(=O)N[C@@H](CCCN)C(=O)O. The number of nitrogens with zero attached hydrogens (tertiary/aromatic N) is 3. The number of carbonyl (C=O) groups is 9. The third kappa shape index (κ3) is 20.0. The minimum absolute atomic E-state index is 0.0509. The van der Waals surface area contributed by atoms with Crippen LogP contribution in [0.15, 0.2) is 12.5 Å². The number of aromatic nitrogens is 2. The van der Waals surface area contributed by atoms with Crippen LogP contribution in [0.3, 0.4) is 0 Å². The summed E-state index contributed by atoms with van der Waals surface area (Å²) in [6, 6.07) is -9.43. The maximum Gasteiger partial charge on any atom is 0.326 e. The van der Waals surface area contributed by atoms with E-state index in [1.165, 1.54) is 22.3 Å². The molecule has 1 aromatic rings. The Balaban J connectivity index is 1.81. The van der Waals surface area contributed by atoms with Crippen molar-refractivity contribution in [1.29, 1.82) is 0 Å². The number of H-pyrrole nitrogens is 1. The lowest BCUT2D eigenvalue weighted by molar-refractivity contribution is -0.145. The van der Waals surface area contributed by atoms with Gasteiger partial charge in [-0.2, -0.15) is 0 Å². The van der Waals surface area contributed by atoms with Gasteiger partial charge >= 0.3 is 5.97 Å². The van der Waals surface area contributed by atoms with Gasteiger partial charge in [-0.3, -0.25) is 38.4 Å². The van der Waals surface area contributed by atoms with Gasteiger partial charge < -0.3 is 63.3 Å². The Morgan fingerprint density at radius 3 is 1.42 bits per heavy atom. The van der Waals surface area contributed by atoms with E-state index >= 15 is 0 Å². The third-order valence-electron chi connectivity index (χ3n) is 13.0. The molecule has 412 valence electrons. The number of likely N-dealkylation sites (tertiary alicyclic amines) is 2. The second-order valence-electron chi connectivity index (χ2n) is 22.1. The van der Waals surface area contributed by atoms with E-state index in [0.29, 0.717) is 44.2 Å². The standard InChI is InChI=1S/C51H88N12O10/c1-28(2)20-34(53)43(64)57-38(25-33-26-54-27-55-33)46(67)60-39(23-31(7)8)49(70)63-19-13-16-42(63)48(69)61-40(24-32(9)10)50(71)62-18-12-15-41(62)47(68)59-37(22-30(5)6)45(66)58-36(21-29(3)4)44(65)56-35(51(72)73)14-11-17-52/h26-32,34-42H,11-25,52-53H2,1-10H3,(H,54,55)(H,56,65)(H,57,64)(H,58,66)(H,59,68)(H,60,67)(H,61,69)(H,72,73)/t34-,35-,36-,37-,38-,39-,40-,41-,42-/m0/s1. The van der Waals surface area contributed by atoms with Crippen LogP contribution in [-0.4, -0.2) is 152 Å². The molecule has 0 saturated carbocycles. The Hall–Kier alpha value is -5.64. The number of rotatable bonds is 30. The van der Waals surface area contributed by atoms with Gasteiger partial charge in [-0.05, 0) is 107 Å². The van der Waals surface area contributed by atoms with Crippen LogP contribution in [0.25, 0.3) is 0 Å². The molecule has 22 nitrogen and oxygen atoms in total. The number of hydrogen-bond donors (Lipinski definition) is 10. The molecule has 0 aliphatic carbocycles. The summed E-state index contributed by atoms with van der Waals surface area (Å²) >= 11 is 0. The Morgan fingerprint density at radius 2 is 0.986 bits per heavy atom. The summed E-state index contributed by atoms with van der Waals surface area (Å²) < 4.78 is 0. The molecule has 0 radical (unpaired) electrons. The topological polar surface area (TPSA) is 333 Å². The Morgan fingerprint density at radius 1 is 0.589 bits per heavy atom. The molecule has 2 aliphatic heterocycles. The number of hydrogen-bond acceptors (Lipinski definition) is 12. The molecule has 2 fully saturated rings. The van der Waals surface area contributed by atoms with Crippen molar-refractivity contribution >= 4 is 53.2 Å². The Bertz CT molecular complexity index is 2000. The molecule has 1 aromatic heterocycles. The summed E-state index contributed by atoms with van der Waals surface area (Å²) in [5.74, 6) is -5.89. The first-order chi connectivity index (χ1) is 34.3. The second-order valence-corrected chi connectivity index (χ2v) is 22.1. The molecule has 73 heavy (non-hydrogen) atoms. The summed E-state index contributed by atoms with van der Waals surface area (Å²) in [6.45, 7) is 19.6. The average Bonchev–Trinajstić information content (AvgIpc) is 4.11. The fraction of sp³-hybridized carbons (Fsp3) is 0.765. The van der Waals surface area contributed by atoms with Crippen LogP contribution in [0.5, 0.6) is 0 Å². The largest absolute Gasteiger partial charge is 0.480 e. The molecule has 0 unspecified atom stereocenters. The van der Waals surface area contributed by atoms with Crippen molar-refractivity contribution in [1.82, 2.24) is 51.7 Å². The molecule has 0 aromatic carbocycles. The van der Waals surface area contributed by atoms with Gasteiger partial charge in [0.1, 0.15) is 48.3 Å². The zero-order chi connectivity index (χ0) is 54.7. The van der Waals surface area contributed by atoms with Crippen LogP contribution in [0.1, 0.15) is 146 Å². The lowest BCUT2D eigenvalue weighted by Gasteiger charge is -2.33. The molecule has 12 N–H and O–H groups in total. The number of carboxylic acid groups (broad SMARTS) is 1. The lowest BCUT2D eigenvalue weighted by Crippen LogP contribution is -2.60. The number of aliphatic carboxylic acids is 1. The van der Waals surface area contributed by atoms with E-state index in [-0.39, 0.29) is 87.7 Å². The highest BCUT2D eigenvalue weighted by Crippen LogP contribution is 2.24. The monoisotopic (exact) mass is 1030 g/mol. The van der Waals surface area contributed by atoms with Crippen molar-refractivity contribution in [2.24, 2.45) is 41.1 Å². The number of nitrogens with two attached hydrogens (primary N) is 2. The fourth-order valence-electron chi connectivity index (χ4n) is 9.45. The van der Waals surface area contributed by atoms with Crippen molar-refractivity contribution in [2.75, 3.05) is 19.6 Å². The Labute approximate surface area is 431 Å². The van der Waals surface area contributed by atoms with E-state index in [1.54, 1.807) is 0 Å². The molecule has 0 spiro atoms. The van der Waals surface area contributed by atoms with Crippen LogP contribution in [0.4, 0.5) is 0 Å². The minimum Gasteiger partial charge on any atom is -0.480 e. The van der Waals surface area contributed by atoms with Crippen LogP contribution in [0.2, 0.25) is 0 Å². The van der Waals surface area contributed by atoms with Crippen LogP contribution in [0, 0.1) is 29.6 Å². The summed E-state index contributed by atoms with van der Waals surface area (Å²) in [7, 11) is 0. The highest BCUT2D eigenvalue weighted by atomic mass is 16.4. The van der Waals surface area contributed by atoms with E-state index in [2.05, 4.69) is 41.9 Å². The van der Waals surface area contributed by atoms with E-state index in [9.17, 15) is 48.3 Å². The average molecular weight is 1030 g/mol. The van der Waals surface area contributed by atoms with Gasteiger partial charge in [-0.15, -0.1) is 0 Å². The fourth-order valence-corrected chi connectivity index (χ4v) is 9.45. The highest BCUT2D eigenvalue weighted by Gasteiger charge is 2.43. The first kappa shape index (κ1) is 61.7. The maximum absolute atomic E-state index is 14.6. The second kappa shape index (κ2) is 29.9. The molecule has 8 amide bonds. The molecule has 22 heteroatoms. The quantitative estimate of drug-likeness (QED) is 0.0519. The smallest absolute Gasteiger partial charge is 0.326 e. The van der Waals surface area contributed by atoms with Crippen LogP contribution in [-0.2, 0) is 49.6 Å². The summed E-state index contributed by atoms with van der Waals surface area (Å²) in [4.78, 5) is 134. The van der Waals surface area contributed by atoms with Crippen molar-refractivity contribution in [3.63, 3.8) is 0 Å². The first-order valence-electron chi connectivity index (χ1n) is 26.4. The van der Waals surface area contributed by atoms with E-state index in [0.717, 1.165) is 0 Å². The van der Waals surface area contributed by atoms with Gasteiger partial charge in [0.05, 0.1) is 12.4 Å². The van der Waals surface area contributed by atoms with Gasteiger partial charge in [-0.1, -0.05) is 69.2 Å². The molecule has 3 rings (SSSR count). The van der Waals surface area contributed by atoms with Gasteiger partial charge in [0.2, 0.25) is 47.3 Å². The zero-order valence-corrected chi connectivity index (χ0v) is 45.0. The number of nitrogens with one attached hydrogen (secondary N) is 7. The van der Waals surface area contributed by atoms with E-state index < -0.39 is 108 Å². The van der Waals surface area contributed by atoms with Crippen molar-refractivity contribution in [3.05, 3.63) is 18.2 Å². The number of carbonyl (C=O) groups excluding carboxylic acids is 8. The molecule has 9 atom stereocenters. The zero-order valence-electron chi connectivity index (χ0n) is 45.0. The van der Waals surface area contributed by atoms with Gasteiger partial charge in [0.15, 0.2) is 0 Å². The summed E-state index contributed by atoms with van der Waals surface area (Å²) in [6.07, 6.45) is 6.32.